The Morgan fingerprint density at radius 2 is 2.03 bits per heavy atom. The summed E-state index contributed by atoms with van der Waals surface area (Å²) in [6.07, 6.45) is 5.64. The number of hydrogen-bond donors (Lipinski definition) is 3. The molecule has 1 amide bonds. The molecule has 204 valence electrons. The lowest BCUT2D eigenvalue weighted by Gasteiger charge is -2.36. The molecule has 8 heteroatoms. The van der Waals surface area contributed by atoms with E-state index in [0.717, 1.165) is 19.3 Å². The number of ether oxygens (including phenoxy) is 1. The smallest absolute Gasteiger partial charge is 0.223 e. The number of halogens is 1. The van der Waals surface area contributed by atoms with Gasteiger partial charge in [-0.25, -0.2) is 0 Å². The summed E-state index contributed by atoms with van der Waals surface area (Å²) in [5.74, 6) is -1.53. The number of ketones is 1. The average molecular weight is 533 g/mol. The molecule has 2 fully saturated rings. The second-order valence-corrected chi connectivity index (χ2v) is 11.8. The second kappa shape index (κ2) is 12.2. The molecule has 0 aliphatic carbocycles. The molecular formula is C29H41ClN2O5. The van der Waals surface area contributed by atoms with Crippen molar-refractivity contribution in [3.8, 4) is 0 Å². The lowest BCUT2D eigenvalue weighted by Crippen LogP contribution is -2.48. The molecule has 0 saturated carbocycles. The fraction of sp³-hybridized carbons (Fsp3) is 0.621. The first-order valence-electron chi connectivity index (χ1n) is 13.2. The van der Waals surface area contributed by atoms with E-state index in [-0.39, 0.29) is 29.8 Å². The van der Waals surface area contributed by atoms with Gasteiger partial charge in [0.05, 0.1) is 47.5 Å². The summed E-state index contributed by atoms with van der Waals surface area (Å²) in [5, 5.41) is 25.5. The number of hydrogen-bond acceptors (Lipinski definition) is 6. The zero-order valence-corrected chi connectivity index (χ0v) is 23.1. The van der Waals surface area contributed by atoms with Crippen LogP contribution in [0.25, 0.3) is 6.08 Å². The Balaban J connectivity index is 1.89. The lowest BCUT2D eigenvalue weighted by atomic mass is 9.71. The topological polar surface area (TPSA) is 112 Å². The van der Waals surface area contributed by atoms with Crippen molar-refractivity contribution in [3.05, 3.63) is 47.8 Å². The number of allylic oxidation sites excluding steroid dienone is 1. The highest BCUT2D eigenvalue weighted by Gasteiger charge is 2.52. The van der Waals surface area contributed by atoms with Crippen LogP contribution in [0, 0.1) is 17.3 Å². The number of nitrogens with one attached hydrogen (secondary N) is 1. The van der Waals surface area contributed by atoms with Gasteiger partial charge in [-0.1, -0.05) is 50.9 Å². The number of aliphatic hydroxyl groups excluding tert-OH is 2. The number of pyridine rings is 1. The Kier molecular flexibility index (Phi) is 9.73. The fourth-order valence-electron chi connectivity index (χ4n) is 5.22. The SMILES string of the molecule is C=CCC1C(=O)C(C)(C)C(O)CC(=O)NC(C(Cl)=Cc2ccccn2)CC2OC2(C)CCCC(C)C1O. The first-order valence-corrected chi connectivity index (χ1v) is 13.5. The summed E-state index contributed by atoms with van der Waals surface area (Å²) < 4.78 is 6.06. The predicted molar refractivity (Wildman–Crippen MR) is 145 cm³/mol. The molecule has 0 aromatic carbocycles. The Morgan fingerprint density at radius 1 is 1.30 bits per heavy atom. The van der Waals surface area contributed by atoms with E-state index in [4.69, 9.17) is 16.3 Å². The van der Waals surface area contributed by atoms with Gasteiger partial charge < -0.3 is 20.3 Å². The van der Waals surface area contributed by atoms with Crippen molar-refractivity contribution in [2.45, 2.75) is 96.2 Å². The minimum atomic E-state index is -1.25. The molecule has 37 heavy (non-hydrogen) atoms. The van der Waals surface area contributed by atoms with Crippen LogP contribution in [0.2, 0.25) is 0 Å². The van der Waals surface area contributed by atoms with Gasteiger partial charge in [-0.15, -0.1) is 6.58 Å². The summed E-state index contributed by atoms with van der Waals surface area (Å²) in [7, 11) is 0. The molecule has 7 unspecified atom stereocenters. The third-order valence-electron chi connectivity index (χ3n) is 8.06. The van der Waals surface area contributed by atoms with Gasteiger partial charge in [0, 0.05) is 23.6 Å². The van der Waals surface area contributed by atoms with Crippen LogP contribution in [0.4, 0.5) is 0 Å². The van der Waals surface area contributed by atoms with Gasteiger partial charge in [-0.2, -0.15) is 0 Å². The van der Waals surface area contributed by atoms with Crippen molar-refractivity contribution in [2.24, 2.45) is 17.3 Å². The number of aliphatic hydroxyl groups is 2. The Labute approximate surface area is 225 Å². The molecule has 3 rings (SSSR count). The van der Waals surface area contributed by atoms with Gasteiger partial charge >= 0.3 is 0 Å². The molecule has 0 radical (unpaired) electrons. The molecule has 1 aromatic rings. The summed E-state index contributed by atoms with van der Waals surface area (Å²) >= 11 is 6.69. The summed E-state index contributed by atoms with van der Waals surface area (Å²) in [5.41, 5.74) is -0.921. The van der Waals surface area contributed by atoms with Gasteiger partial charge in [0.15, 0.2) is 0 Å². The lowest BCUT2D eigenvalue weighted by molar-refractivity contribution is -0.143. The normalized spacial score (nSPS) is 35.8. The number of aromatic nitrogens is 1. The van der Waals surface area contributed by atoms with Gasteiger partial charge in [0.25, 0.3) is 0 Å². The van der Waals surface area contributed by atoms with Gasteiger partial charge in [-0.05, 0) is 50.3 Å². The molecule has 3 heterocycles. The number of carbonyl (C=O) groups excluding carboxylic acids is 2. The van der Waals surface area contributed by atoms with Crippen LogP contribution in [0.5, 0.6) is 0 Å². The van der Waals surface area contributed by atoms with E-state index >= 15 is 0 Å². The van der Waals surface area contributed by atoms with E-state index < -0.39 is 35.5 Å². The number of rotatable bonds is 4. The number of fused-ring (bicyclic) bond motifs is 1. The van der Waals surface area contributed by atoms with Crippen LogP contribution >= 0.6 is 11.6 Å². The largest absolute Gasteiger partial charge is 0.392 e. The van der Waals surface area contributed by atoms with Crippen LogP contribution in [0.15, 0.2) is 42.1 Å². The standard InChI is InChI=1S/C29H41ClN2O5/c1-6-10-20-26(35)18(2)11-9-13-29(5)24(37-29)16-22(21(30)15-19-12-7-8-14-31-19)32-25(34)17-23(33)28(3,4)27(20)36/h6-8,12,14-15,18,20,22-24,26,33,35H,1,9-11,13,16-17H2,2-5H3,(H,32,34). The van der Waals surface area contributed by atoms with Crippen LogP contribution < -0.4 is 5.32 Å². The molecule has 7 atom stereocenters. The minimum Gasteiger partial charge on any atom is -0.392 e. The van der Waals surface area contributed by atoms with Crippen LogP contribution in [-0.4, -0.2) is 56.8 Å². The Bertz CT molecular complexity index is 997. The zero-order chi connectivity index (χ0) is 27.4. The van der Waals surface area contributed by atoms with Crippen molar-refractivity contribution in [2.75, 3.05) is 0 Å². The van der Waals surface area contributed by atoms with Crippen molar-refractivity contribution >= 4 is 29.4 Å². The number of epoxide rings is 1. The van der Waals surface area contributed by atoms with Crippen molar-refractivity contribution in [1.82, 2.24) is 10.3 Å². The van der Waals surface area contributed by atoms with E-state index in [1.54, 1.807) is 32.2 Å². The summed E-state index contributed by atoms with van der Waals surface area (Å²) in [6.45, 7) is 11.0. The number of amides is 1. The van der Waals surface area contributed by atoms with Crippen molar-refractivity contribution in [3.63, 3.8) is 0 Å². The molecule has 2 aliphatic rings. The van der Waals surface area contributed by atoms with E-state index in [2.05, 4.69) is 16.9 Å². The molecule has 0 spiro atoms. The minimum absolute atomic E-state index is 0.0896. The maximum absolute atomic E-state index is 13.6. The number of nitrogens with zero attached hydrogens (tertiary/aromatic N) is 1. The van der Waals surface area contributed by atoms with Gasteiger partial charge in [-0.3, -0.25) is 14.6 Å². The first-order chi connectivity index (χ1) is 17.4. The van der Waals surface area contributed by atoms with Crippen LogP contribution in [0.1, 0.15) is 71.9 Å². The molecule has 3 N–H and O–H groups in total. The summed E-state index contributed by atoms with van der Waals surface area (Å²) in [6, 6.07) is 4.96. The number of carbonyl (C=O) groups is 2. The maximum atomic E-state index is 13.6. The third kappa shape index (κ3) is 7.29. The number of Topliss-reactive ketones (excluding diaryl/α,β-unsaturated/α-hetero) is 1. The van der Waals surface area contributed by atoms with Crippen LogP contribution in [-0.2, 0) is 14.3 Å². The maximum Gasteiger partial charge on any atom is 0.223 e. The third-order valence-corrected chi connectivity index (χ3v) is 8.43. The predicted octanol–water partition coefficient (Wildman–Crippen LogP) is 4.41. The van der Waals surface area contributed by atoms with E-state index in [1.807, 2.05) is 32.0 Å². The molecule has 2 saturated heterocycles. The first kappa shape index (κ1) is 29.5. The Hall–Kier alpha value is -2.06. The second-order valence-electron chi connectivity index (χ2n) is 11.4. The van der Waals surface area contributed by atoms with Crippen molar-refractivity contribution in [1.29, 1.82) is 0 Å². The molecule has 2 aliphatic heterocycles. The van der Waals surface area contributed by atoms with Crippen LogP contribution in [0.3, 0.4) is 0 Å². The monoisotopic (exact) mass is 532 g/mol. The fourth-order valence-corrected chi connectivity index (χ4v) is 5.47. The highest BCUT2D eigenvalue weighted by molar-refractivity contribution is 6.32. The molecule has 1 aromatic heterocycles. The molecular weight excluding hydrogens is 492 g/mol. The highest BCUT2D eigenvalue weighted by atomic mass is 35.5. The molecule has 7 nitrogen and oxygen atoms in total. The van der Waals surface area contributed by atoms with E-state index in [0.29, 0.717) is 23.6 Å². The Morgan fingerprint density at radius 3 is 2.68 bits per heavy atom. The average Bonchev–Trinajstić information content (AvgIpc) is 3.49. The van der Waals surface area contributed by atoms with E-state index in [1.165, 1.54) is 0 Å². The van der Waals surface area contributed by atoms with Gasteiger partial charge in [0.1, 0.15) is 5.78 Å². The van der Waals surface area contributed by atoms with Crippen molar-refractivity contribution < 1.29 is 24.5 Å². The quantitative estimate of drug-likeness (QED) is 0.391. The summed E-state index contributed by atoms with van der Waals surface area (Å²) in [4.78, 5) is 30.9. The van der Waals surface area contributed by atoms with E-state index in [9.17, 15) is 19.8 Å². The molecule has 0 bridgehead atoms. The zero-order valence-electron chi connectivity index (χ0n) is 22.3. The highest BCUT2D eigenvalue weighted by Crippen LogP contribution is 2.45. The van der Waals surface area contributed by atoms with Gasteiger partial charge in [0.2, 0.25) is 5.91 Å².